The maximum absolute atomic E-state index is 12.8. The molecule has 2 nitrogen and oxygen atoms in total. The molecule has 1 aromatic carbocycles. The predicted octanol–water partition coefficient (Wildman–Crippen LogP) is 2.53. The van der Waals surface area contributed by atoms with Crippen molar-refractivity contribution in [2.24, 2.45) is 0 Å². The van der Waals surface area contributed by atoms with Crippen LogP contribution in [0.3, 0.4) is 0 Å². The first kappa shape index (κ1) is 7.61. The average molecular weight is 227 g/mol. The smallest absolute Gasteiger partial charge is 0.234 e. The van der Waals surface area contributed by atoms with Crippen molar-refractivity contribution >= 4 is 27.0 Å². The lowest BCUT2D eigenvalue weighted by Gasteiger charge is -1.96. The number of fused-ring (bicyclic) bond motifs is 1. The van der Waals surface area contributed by atoms with Crippen molar-refractivity contribution in [1.82, 2.24) is 9.97 Å². The lowest BCUT2D eigenvalue weighted by Crippen LogP contribution is -1.90. The van der Waals surface area contributed by atoms with Gasteiger partial charge in [0.25, 0.3) is 0 Å². The van der Waals surface area contributed by atoms with Gasteiger partial charge in [-0.25, -0.2) is 9.97 Å². The highest BCUT2D eigenvalue weighted by Crippen LogP contribution is 2.15. The second-order valence-corrected chi connectivity index (χ2v) is 3.05. The number of hydrogen-bond acceptors (Lipinski definition) is 2. The number of halogens is 2. The topological polar surface area (TPSA) is 25.8 Å². The molecule has 1 heterocycles. The third kappa shape index (κ3) is 1.18. The first-order chi connectivity index (χ1) is 5.77. The Hall–Kier alpha value is -1.03. The Morgan fingerprint density at radius 2 is 1.67 bits per heavy atom. The molecule has 1 aromatic heterocycles. The van der Waals surface area contributed by atoms with Crippen molar-refractivity contribution in [1.29, 1.82) is 0 Å². The SMILES string of the molecule is Fc1nc2ccccc2nc1Br. The van der Waals surface area contributed by atoms with Gasteiger partial charge in [0.2, 0.25) is 5.95 Å². The van der Waals surface area contributed by atoms with Crippen LogP contribution in [0.5, 0.6) is 0 Å². The van der Waals surface area contributed by atoms with Crippen molar-refractivity contribution < 1.29 is 4.39 Å². The summed E-state index contributed by atoms with van der Waals surface area (Å²) in [6, 6.07) is 7.14. The van der Waals surface area contributed by atoms with Gasteiger partial charge in [-0.05, 0) is 28.1 Å². The lowest BCUT2D eigenvalue weighted by atomic mass is 10.3. The van der Waals surface area contributed by atoms with E-state index in [-0.39, 0.29) is 4.60 Å². The molecule has 0 aliphatic rings. The molecule has 0 radical (unpaired) electrons. The fraction of sp³-hybridized carbons (Fsp3) is 0. The zero-order valence-electron chi connectivity index (χ0n) is 5.96. The quantitative estimate of drug-likeness (QED) is 0.691. The van der Waals surface area contributed by atoms with Crippen molar-refractivity contribution in [3.63, 3.8) is 0 Å². The van der Waals surface area contributed by atoms with E-state index in [0.29, 0.717) is 11.0 Å². The fourth-order valence-corrected chi connectivity index (χ4v) is 1.24. The van der Waals surface area contributed by atoms with E-state index in [4.69, 9.17) is 0 Å². The molecule has 4 heteroatoms. The van der Waals surface area contributed by atoms with Gasteiger partial charge in [0.05, 0.1) is 11.0 Å². The summed E-state index contributed by atoms with van der Waals surface area (Å²) in [6.07, 6.45) is 0. The maximum Gasteiger partial charge on any atom is 0.246 e. The van der Waals surface area contributed by atoms with E-state index in [2.05, 4.69) is 25.9 Å². The van der Waals surface area contributed by atoms with Crippen LogP contribution in [0.15, 0.2) is 28.9 Å². The molecule has 12 heavy (non-hydrogen) atoms. The third-order valence-corrected chi connectivity index (χ3v) is 1.99. The molecule has 2 rings (SSSR count). The van der Waals surface area contributed by atoms with Crippen molar-refractivity contribution in [3.8, 4) is 0 Å². The summed E-state index contributed by atoms with van der Waals surface area (Å²) in [4.78, 5) is 7.65. The predicted molar refractivity (Wildman–Crippen MR) is 47.2 cm³/mol. The molecule has 2 aromatic rings. The minimum Gasteiger partial charge on any atom is -0.234 e. The van der Waals surface area contributed by atoms with E-state index >= 15 is 0 Å². The Kier molecular flexibility index (Phi) is 1.77. The molecule has 0 aliphatic carbocycles. The van der Waals surface area contributed by atoms with Gasteiger partial charge in [0.15, 0.2) is 4.60 Å². The number of benzene rings is 1. The summed E-state index contributed by atoms with van der Waals surface area (Å²) in [6.45, 7) is 0. The summed E-state index contributed by atoms with van der Waals surface area (Å²) < 4.78 is 13.0. The zero-order valence-corrected chi connectivity index (χ0v) is 7.55. The molecule has 0 saturated carbocycles. The molecule has 0 saturated heterocycles. The number of para-hydroxylation sites is 2. The van der Waals surface area contributed by atoms with Crippen LogP contribution in [0.25, 0.3) is 11.0 Å². The molecule has 0 amide bonds. The van der Waals surface area contributed by atoms with Crippen LogP contribution >= 0.6 is 15.9 Å². The van der Waals surface area contributed by atoms with Crippen LogP contribution in [0.1, 0.15) is 0 Å². The molecule has 0 aliphatic heterocycles. The van der Waals surface area contributed by atoms with Crippen LogP contribution in [-0.2, 0) is 0 Å². The molecule has 0 bridgehead atoms. The van der Waals surface area contributed by atoms with E-state index in [0.717, 1.165) is 0 Å². The standard InChI is InChI=1S/C8H4BrFN2/c9-7-8(10)12-6-4-2-1-3-5(6)11-7/h1-4H. The Bertz CT molecular complexity index is 390. The molecule has 0 atom stereocenters. The lowest BCUT2D eigenvalue weighted by molar-refractivity contribution is 0.575. The van der Waals surface area contributed by atoms with Crippen LogP contribution in [0.2, 0.25) is 0 Å². The Labute approximate surface area is 76.6 Å². The van der Waals surface area contributed by atoms with Crippen molar-refractivity contribution in [2.45, 2.75) is 0 Å². The minimum atomic E-state index is -0.575. The highest BCUT2D eigenvalue weighted by atomic mass is 79.9. The van der Waals surface area contributed by atoms with Crippen LogP contribution in [-0.4, -0.2) is 9.97 Å². The van der Waals surface area contributed by atoms with Crippen LogP contribution < -0.4 is 0 Å². The summed E-state index contributed by atoms with van der Waals surface area (Å²) in [7, 11) is 0. The van der Waals surface area contributed by atoms with E-state index in [1.807, 2.05) is 6.07 Å². The summed E-state index contributed by atoms with van der Waals surface area (Å²) in [5.41, 5.74) is 1.25. The van der Waals surface area contributed by atoms with E-state index in [9.17, 15) is 4.39 Å². The van der Waals surface area contributed by atoms with Gasteiger partial charge in [-0.2, -0.15) is 4.39 Å². The molecule has 60 valence electrons. The molecular formula is C8H4BrFN2. The van der Waals surface area contributed by atoms with Gasteiger partial charge >= 0.3 is 0 Å². The summed E-state index contributed by atoms with van der Waals surface area (Å²) in [5, 5.41) is 0. The first-order valence-corrected chi connectivity index (χ1v) is 4.14. The number of nitrogens with zero attached hydrogens (tertiary/aromatic N) is 2. The third-order valence-electron chi connectivity index (χ3n) is 1.49. The number of rotatable bonds is 0. The number of hydrogen-bond donors (Lipinski definition) is 0. The second-order valence-electron chi connectivity index (χ2n) is 2.29. The van der Waals surface area contributed by atoms with Gasteiger partial charge in [-0.1, -0.05) is 12.1 Å². The Morgan fingerprint density at radius 3 is 2.33 bits per heavy atom. The van der Waals surface area contributed by atoms with Gasteiger partial charge in [-0.15, -0.1) is 0 Å². The highest BCUT2D eigenvalue weighted by Gasteiger charge is 2.03. The van der Waals surface area contributed by atoms with Gasteiger partial charge in [-0.3, -0.25) is 0 Å². The fourth-order valence-electron chi connectivity index (χ4n) is 0.957. The van der Waals surface area contributed by atoms with E-state index < -0.39 is 5.95 Å². The molecule has 0 fully saturated rings. The summed E-state index contributed by atoms with van der Waals surface area (Å²) in [5.74, 6) is -0.575. The van der Waals surface area contributed by atoms with Gasteiger partial charge < -0.3 is 0 Å². The van der Waals surface area contributed by atoms with Crippen molar-refractivity contribution in [2.75, 3.05) is 0 Å². The van der Waals surface area contributed by atoms with Crippen LogP contribution in [0, 0.1) is 5.95 Å². The first-order valence-electron chi connectivity index (χ1n) is 3.35. The highest BCUT2D eigenvalue weighted by molar-refractivity contribution is 9.10. The van der Waals surface area contributed by atoms with E-state index in [1.165, 1.54) is 0 Å². The van der Waals surface area contributed by atoms with Crippen LogP contribution in [0.4, 0.5) is 4.39 Å². The van der Waals surface area contributed by atoms with Crippen molar-refractivity contribution in [3.05, 3.63) is 34.8 Å². The van der Waals surface area contributed by atoms with Gasteiger partial charge in [0, 0.05) is 0 Å². The Balaban J connectivity index is 2.84. The normalized spacial score (nSPS) is 10.5. The molecular weight excluding hydrogens is 223 g/mol. The molecule has 0 unspecified atom stereocenters. The van der Waals surface area contributed by atoms with E-state index in [1.54, 1.807) is 18.2 Å². The Morgan fingerprint density at radius 1 is 1.08 bits per heavy atom. The zero-order chi connectivity index (χ0) is 8.55. The largest absolute Gasteiger partial charge is 0.246 e. The minimum absolute atomic E-state index is 0.154. The molecule has 0 spiro atoms. The monoisotopic (exact) mass is 226 g/mol. The number of aromatic nitrogens is 2. The van der Waals surface area contributed by atoms with Gasteiger partial charge in [0.1, 0.15) is 0 Å². The average Bonchev–Trinajstić information content (AvgIpc) is 2.07. The molecule has 0 N–H and O–H groups in total. The summed E-state index contributed by atoms with van der Waals surface area (Å²) >= 11 is 2.97. The maximum atomic E-state index is 12.8. The second kappa shape index (κ2) is 2.79.